The van der Waals surface area contributed by atoms with Crippen molar-refractivity contribution in [3.63, 3.8) is 0 Å². The van der Waals surface area contributed by atoms with Crippen molar-refractivity contribution < 1.29 is 18.4 Å². The average molecular weight is 271 g/mol. The lowest BCUT2D eigenvalue weighted by Gasteiger charge is -2.03. The summed E-state index contributed by atoms with van der Waals surface area (Å²) in [4.78, 5) is 15.5. The van der Waals surface area contributed by atoms with Crippen LogP contribution in [0.25, 0.3) is 0 Å². The number of rotatable bonds is 3. The molecule has 7 heteroatoms. The van der Waals surface area contributed by atoms with Gasteiger partial charge in [0.2, 0.25) is 11.7 Å². The van der Waals surface area contributed by atoms with Gasteiger partial charge in [0.15, 0.2) is 6.61 Å². The van der Waals surface area contributed by atoms with Crippen molar-refractivity contribution >= 4 is 17.6 Å². The number of hydrogen-bond donors (Lipinski definition) is 0. The summed E-state index contributed by atoms with van der Waals surface area (Å²) in [5.74, 6) is -0.576. The topological polar surface area (TPSA) is 65.2 Å². The SMILES string of the molecule is Cc1nc(COC(=O)c2ccc(F)cc2Cl)no1. The second kappa shape index (κ2) is 5.14. The maximum Gasteiger partial charge on any atom is 0.340 e. The van der Waals surface area contributed by atoms with Crippen molar-refractivity contribution in [2.45, 2.75) is 13.5 Å². The van der Waals surface area contributed by atoms with E-state index in [9.17, 15) is 9.18 Å². The minimum atomic E-state index is -0.678. The van der Waals surface area contributed by atoms with E-state index >= 15 is 0 Å². The number of benzene rings is 1. The standard InChI is InChI=1S/C11H8ClFN2O3/c1-6-14-10(15-18-6)5-17-11(16)8-3-2-7(13)4-9(8)12/h2-4H,5H2,1H3. The van der Waals surface area contributed by atoms with Crippen molar-refractivity contribution in [2.24, 2.45) is 0 Å². The molecule has 94 valence electrons. The molecule has 0 aliphatic heterocycles. The number of carbonyl (C=O) groups is 1. The van der Waals surface area contributed by atoms with Gasteiger partial charge >= 0.3 is 5.97 Å². The monoisotopic (exact) mass is 270 g/mol. The van der Waals surface area contributed by atoms with E-state index in [2.05, 4.69) is 10.1 Å². The van der Waals surface area contributed by atoms with Crippen LogP contribution in [0.5, 0.6) is 0 Å². The van der Waals surface area contributed by atoms with Crippen LogP contribution < -0.4 is 0 Å². The number of halogens is 2. The molecular weight excluding hydrogens is 263 g/mol. The van der Waals surface area contributed by atoms with Crippen LogP contribution in [0.15, 0.2) is 22.7 Å². The van der Waals surface area contributed by atoms with Gasteiger partial charge in [0.1, 0.15) is 5.82 Å². The minimum absolute atomic E-state index is 0.00991. The lowest BCUT2D eigenvalue weighted by Crippen LogP contribution is -2.07. The number of ether oxygens (including phenoxy) is 1. The number of aryl methyl sites for hydroxylation is 1. The third kappa shape index (κ3) is 2.84. The van der Waals surface area contributed by atoms with Crippen LogP contribution in [0.3, 0.4) is 0 Å². The summed E-state index contributed by atoms with van der Waals surface area (Å²) in [6.07, 6.45) is 0. The highest BCUT2D eigenvalue weighted by Gasteiger charge is 2.14. The first-order valence-corrected chi connectivity index (χ1v) is 5.35. The Balaban J connectivity index is 2.03. The highest BCUT2D eigenvalue weighted by Crippen LogP contribution is 2.18. The summed E-state index contributed by atoms with van der Waals surface area (Å²) in [5, 5.41) is 3.55. The molecule has 0 amide bonds. The summed E-state index contributed by atoms with van der Waals surface area (Å²) < 4.78 is 22.4. The van der Waals surface area contributed by atoms with Gasteiger partial charge < -0.3 is 9.26 Å². The van der Waals surface area contributed by atoms with E-state index in [1.165, 1.54) is 6.07 Å². The van der Waals surface area contributed by atoms with Gasteiger partial charge in [-0.15, -0.1) is 0 Å². The number of hydrogen-bond acceptors (Lipinski definition) is 5. The van der Waals surface area contributed by atoms with Crippen LogP contribution >= 0.6 is 11.6 Å². The number of esters is 1. The molecule has 0 saturated heterocycles. The fraction of sp³-hybridized carbons (Fsp3) is 0.182. The molecule has 0 aliphatic rings. The van der Waals surface area contributed by atoms with Gasteiger partial charge in [-0.1, -0.05) is 16.8 Å². The molecule has 0 unspecified atom stereocenters. The molecule has 1 aromatic carbocycles. The molecule has 0 spiro atoms. The Hall–Kier alpha value is -1.95. The average Bonchev–Trinajstić information content (AvgIpc) is 2.72. The summed E-state index contributed by atoms with van der Waals surface area (Å²) in [7, 11) is 0. The Labute approximate surface area is 107 Å². The molecule has 2 rings (SSSR count). The van der Waals surface area contributed by atoms with Crippen molar-refractivity contribution in [2.75, 3.05) is 0 Å². The van der Waals surface area contributed by atoms with Gasteiger partial charge in [0.25, 0.3) is 0 Å². The molecule has 0 aliphatic carbocycles. The molecule has 0 saturated carbocycles. The molecule has 0 atom stereocenters. The Morgan fingerprint density at radius 3 is 2.94 bits per heavy atom. The minimum Gasteiger partial charge on any atom is -0.454 e. The highest BCUT2D eigenvalue weighted by molar-refractivity contribution is 6.33. The third-order valence-electron chi connectivity index (χ3n) is 2.05. The van der Waals surface area contributed by atoms with E-state index in [0.29, 0.717) is 5.89 Å². The zero-order chi connectivity index (χ0) is 13.1. The molecule has 2 aromatic rings. The maximum absolute atomic E-state index is 12.8. The molecule has 0 fully saturated rings. The summed E-state index contributed by atoms with van der Waals surface area (Å²) in [5.41, 5.74) is 0.0817. The van der Waals surface area contributed by atoms with Crippen molar-refractivity contribution in [1.29, 1.82) is 0 Å². The fourth-order valence-electron chi connectivity index (χ4n) is 1.26. The van der Waals surface area contributed by atoms with Crippen LogP contribution in [0, 0.1) is 12.7 Å². The molecule has 0 bridgehead atoms. The first kappa shape index (κ1) is 12.5. The predicted molar refractivity (Wildman–Crippen MR) is 59.6 cm³/mol. The number of nitrogens with zero attached hydrogens (tertiary/aromatic N) is 2. The van der Waals surface area contributed by atoms with Crippen LogP contribution in [0.2, 0.25) is 5.02 Å². The zero-order valence-electron chi connectivity index (χ0n) is 9.31. The Morgan fingerprint density at radius 1 is 1.56 bits per heavy atom. The largest absolute Gasteiger partial charge is 0.454 e. The summed E-state index contributed by atoms with van der Waals surface area (Å²) >= 11 is 5.72. The highest BCUT2D eigenvalue weighted by atomic mass is 35.5. The second-order valence-corrected chi connectivity index (χ2v) is 3.84. The van der Waals surface area contributed by atoms with E-state index in [4.69, 9.17) is 20.9 Å². The van der Waals surface area contributed by atoms with E-state index in [-0.39, 0.29) is 23.0 Å². The van der Waals surface area contributed by atoms with Gasteiger partial charge in [-0.2, -0.15) is 4.98 Å². The van der Waals surface area contributed by atoms with Gasteiger partial charge in [-0.05, 0) is 18.2 Å². The van der Waals surface area contributed by atoms with Crippen molar-refractivity contribution in [3.05, 3.63) is 46.3 Å². The Morgan fingerprint density at radius 2 is 2.33 bits per heavy atom. The summed E-state index contributed by atoms with van der Waals surface area (Å²) in [6.45, 7) is 1.49. The van der Waals surface area contributed by atoms with Crippen LogP contribution in [0.1, 0.15) is 22.1 Å². The van der Waals surface area contributed by atoms with Crippen LogP contribution in [-0.4, -0.2) is 16.1 Å². The first-order valence-electron chi connectivity index (χ1n) is 4.97. The Bertz CT molecular complexity index is 585. The predicted octanol–water partition coefficient (Wildman–Crippen LogP) is 2.53. The van der Waals surface area contributed by atoms with Crippen LogP contribution in [-0.2, 0) is 11.3 Å². The van der Waals surface area contributed by atoms with Gasteiger partial charge in [0.05, 0.1) is 10.6 Å². The third-order valence-corrected chi connectivity index (χ3v) is 2.37. The molecule has 0 N–H and O–H groups in total. The molecule has 1 heterocycles. The smallest absolute Gasteiger partial charge is 0.340 e. The van der Waals surface area contributed by atoms with Crippen molar-refractivity contribution in [3.8, 4) is 0 Å². The van der Waals surface area contributed by atoms with Gasteiger partial charge in [-0.25, -0.2) is 9.18 Å². The summed E-state index contributed by atoms with van der Waals surface area (Å²) in [6, 6.07) is 3.42. The second-order valence-electron chi connectivity index (χ2n) is 3.43. The molecule has 1 aromatic heterocycles. The maximum atomic E-state index is 12.8. The van der Waals surface area contributed by atoms with Crippen LogP contribution in [0.4, 0.5) is 4.39 Å². The van der Waals surface area contributed by atoms with Gasteiger partial charge in [0, 0.05) is 6.92 Å². The molecule has 0 radical (unpaired) electrons. The van der Waals surface area contributed by atoms with Gasteiger partial charge in [-0.3, -0.25) is 0 Å². The normalized spacial score (nSPS) is 10.4. The number of carbonyl (C=O) groups excluding carboxylic acids is 1. The Kier molecular flexibility index (Phi) is 3.57. The number of aromatic nitrogens is 2. The van der Waals surface area contributed by atoms with E-state index in [1.807, 2.05) is 0 Å². The fourth-order valence-corrected chi connectivity index (χ4v) is 1.51. The quantitative estimate of drug-likeness (QED) is 0.802. The lowest BCUT2D eigenvalue weighted by atomic mass is 10.2. The molecule has 18 heavy (non-hydrogen) atoms. The van der Waals surface area contributed by atoms with E-state index < -0.39 is 11.8 Å². The molecular formula is C11H8ClFN2O3. The first-order chi connectivity index (χ1) is 8.56. The van der Waals surface area contributed by atoms with Crippen molar-refractivity contribution in [1.82, 2.24) is 10.1 Å². The lowest BCUT2D eigenvalue weighted by molar-refractivity contribution is 0.0460. The van der Waals surface area contributed by atoms with E-state index in [1.54, 1.807) is 6.92 Å². The molecule has 5 nitrogen and oxygen atoms in total. The zero-order valence-corrected chi connectivity index (χ0v) is 10.1. The van der Waals surface area contributed by atoms with E-state index in [0.717, 1.165) is 12.1 Å².